The molecule has 0 amide bonds. The number of nitrogens with one attached hydrogen (secondary N) is 2. The Morgan fingerprint density at radius 2 is 1.41 bits per heavy atom. The summed E-state index contributed by atoms with van der Waals surface area (Å²) in [6.07, 6.45) is 2.78. The smallest absolute Gasteiger partial charge is 0.261 e. The van der Waals surface area contributed by atoms with Crippen molar-refractivity contribution < 1.29 is 18.0 Å². The molecule has 0 radical (unpaired) electrons. The molecule has 0 spiro atoms. The van der Waals surface area contributed by atoms with Crippen molar-refractivity contribution in [3.8, 4) is 0 Å². The van der Waals surface area contributed by atoms with E-state index in [9.17, 15) is 18.0 Å². The van der Waals surface area contributed by atoms with E-state index in [1.807, 2.05) is 0 Å². The lowest BCUT2D eigenvalue weighted by Crippen LogP contribution is -2.13. The van der Waals surface area contributed by atoms with Crippen LogP contribution < -0.4 is 10.0 Å². The topological polar surface area (TPSA) is 92.3 Å². The molecule has 2 N–H and O–H groups in total. The Morgan fingerprint density at radius 1 is 0.812 bits per heavy atom. The van der Waals surface area contributed by atoms with Crippen LogP contribution in [0, 0.1) is 0 Å². The number of halogens is 2. The van der Waals surface area contributed by atoms with Crippen molar-refractivity contribution >= 4 is 56.2 Å². The molecule has 0 bridgehead atoms. The van der Waals surface area contributed by atoms with Crippen LogP contribution in [0.15, 0.2) is 83.9 Å². The summed E-state index contributed by atoms with van der Waals surface area (Å²) in [4.78, 5) is 23.6. The summed E-state index contributed by atoms with van der Waals surface area (Å²) in [7, 11) is -3.80. The van der Waals surface area contributed by atoms with Gasteiger partial charge in [-0.3, -0.25) is 14.3 Å². The quantitative estimate of drug-likeness (QED) is 0.308. The van der Waals surface area contributed by atoms with Crippen LogP contribution >= 0.6 is 23.2 Å². The predicted molar refractivity (Wildman–Crippen MR) is 127 cm³/mol. The fourth-order valence-electron chi connectivity index (χ4n) is 2.68. The first-order valence-corrected chi connectivity index (χ1v) is 11.6. The van der Waals surface area contributed by atoms with Gasteiger partial charge in [-0.2, -0.15) is 0 Å². The molecule has 0 heterocycles. The summed E-state index contributed by atoms with van der Waals surface area (Å²) < 4.78 is 27.6. The molecule has 0 fully saturated rings. The zero-order chi connectivity index (χ0) is 23.3. The Morgan fingerprint density at radius 3 is 2.00 bits per heavy atom. The normalized spacial score (nSPS) is 11.3. The van der Waals surface area contributed by atoms with Crippen LogP contribution in [0.3, 0.4) is 0 Å². The Kier molecular flexibility index (Phi) is 7.35. The summed E-state index contributed by atoms with van der Waals surface area (Å²) in [6.45, 7) is 1.44. The monoisotopic (exact) mass is 488 g/mol. The van der Waals surface area contributed by atoms with E-state index in [0.29, 0.717) is 32.5 Å². The van der Waals surface area contributed by atoms with Crippen molar-refractivity contribution in [2.45, 2.75) is 11.8 Å². The minimum Gasteiger partial charge on any atom is -0.362 e. The summed E-state index contributed by atoms with van der Waals surface area (Å²) in [6, 6.07) is 16.8. The molecule has 164 valence electrons. The number of ketones is 2. The third-order valence-electron chi connectivity index (χ3n) is 4.40. The number of carbonyl (C=O) groups excluding carboxylic acids is 2. The van der Waals surface area contributed by atoms with Crippen LogP contribution in [-0.4, -0.2) is 20.0 Å². The average molecular weight is 489 g/mol. The number of rotatable bonds is 8. The standard InChI is InChI=1S/C23H18Cl2N2O4S/c1-15(28)16-2-5-19(6-3-16)27-32(30,31)20-9-7-18(8-10-20)26-13-12-23(29)17-4-11-21(24)22(25)14-17/h2-14,26-27H,1H3/b13-12+. The molecule has 9 heteroatoms. The number of hydrogen-bond donors (Lipinski definition) is 2. The third kappa shape index (κ3) is 5.97. The molecule has 0 aromatic heterocycles. The van der Waals surface area contributed by atoms with Gasteiger partial charge in [0.2, 0.25) is 0 Å². The SMILES string of the molecule is CC(=O)c1ccc(NS(=O)(=O)c2ccc(N/C=C/C(=O)c3ccc(Cl)c(Cl)c3)cc2)cc1. The van der Waals surface area contributed by atoms with E-state index in [0.717, 1.165) is 0 Å². The maximum atomic E-state index is 12.6. The summed E-state index contributed by atoms with van der Waals surface area (Å²) in [5.41, 5.74) is 1.82. The minimum atomic E-state index is -3.80. The molecule has 3 aromatic carbocycles. The van der Waals surface area contributed by atoms with Crippen molar-refractivity contribution in [1.29, 1.82) is 0 Å². The fraction of sp³-hybridized carbons (Fsp3) is 0.0435. The Bertz CT molecular complexity index is 1290. The first-order chi connectivity index (χ1) is 15.2. The molecule has 0 saturated carbocycles. The van der Waals surface area contributed by atoms with Gasteiger partial charge in [0.1, 0.15) is 0 Å². The lowest BCUT2D eigenvalue weighted by molar-refractivity contribution is 0.101. The number of benzene rings is 3. The van der Waals surface area contributed by atoms with E-state index < -0.39 is 10.0 Å². The molecule has 0 unspecified atom stereocenters. The van der Waals surface area contributed by atoms with Crippen LogP contribution in [0.25, 0.3) is 0 Å². The van der Waals surface area contributed by atoms with Crippen LogP contribution in [0.4, 0.5) is 11.4 Å². The van der Waals surface area contributed by atoms with Gasteiger partial charge in [0.05, 0.1) is 14.9 Å². The van der Waals surface area contributed by atoms with Crippen molar-refractivity contribution in [1.82, 2.24) is 0 Å². The van der Waals surface area contributed by atoms with Gasteiger partial charge in [-0.15, -0.1) is 0 Å². The van der Waals surface area contributed by atoms with Gasteiger partial charge >= 0.3 is 0 Å². The first-order valence-electron chi connectivity index (χ1n) is 9.32. The zero-order valence-corrected chi connectivity index (χ0v) is 19.1. The van der Waals surface area contributed by atoms with Gasteiger partial charge in [0.15, 0.2) is 11.6 Å². The molecule has 3 aromatic rings. The average Bonchev–Trinajstić information content (AvgIpc) is 2.76. The maximum Gasteiger partial charge on any atom is 0.261 e. The predicted octanol–water partition coefficient (Wildman–Crippen LogP) is 5.81. The van der Waals surface area contributed by atoms with E-state index in [2.05, 4.69) is 10.0 Å². The highest BCUT2D eigenvalue weighted by Crippen LogP contribution is 2.23. The van der Waals surface area contributed by atoms with Crippen molar-refractivity contribution in [2.75, 3.05) is 10.0 Å². The molecule has 6 nitrogen and oxygen atoms in total. The molecule has 32 heavy (non-hydrogen) atoms. The largest absolute Gasteiger partial charge is 0.362 e. The van der Waals surface area contributed by atoms with E-state index in [1.54, 1.807) is 36.4 Å². The summed E-state index contributed by atoms with van der Waals surface area (Å²) in [5, 5.41) is 3.56. The number of hydrogen-bond acceptors (Lipinski definition) is 5. The van der Waals surface area contributed by atoms with E-state index >= 15 is 0 Å². The lowest BCUT2D eigenvalue weighted by atomic mass is 10.1. The molecule has 0 aliphatic carbocycles. The first kappa shape index (κ1) is 23.5. The number of sulfonamides is 1. The highest BCUT2D eigenvalue weighted by molar-refractivity contribution is 7.92. The Balaban J connectivity index is 1.63. The van der Waals surface area contributed by atoms with E-state index in [4.69, 9.17) is 23.2 Å². The van der Waals surface area contributed by atoms with Crippen LogP contribution in [0.5, 0.6) is 0 Å². The summed E-state index contributed by atoms with van der Waals surface area (Å²) in [5.74, 6) is -0.370. The Labute approximate surface area is 195 Å². The van der Waals surface area contributed by atoms with E-state index in [-0.39, 0.29) is 16.5 Å². The molecular formula is C23H18Cl2N2O4S. The fourth-order valence-corrected chi connectivity index (χ4v) is 4.03. The highest BCUT2D eigenvalue weighted by Gasteiger charge is 2.14. The molecule has 0 atom stereocenters. The second-order valence-electron chi connectivity index (χ2n) is 6.73. The van der Waals surface area contributed by atoms with Gasteiger partial charge < -0.3 is 5.32 Å². The van der Waals surface area contributed by atoms with Gasteiger partial charge in [-0.25, -0.2) is 8.42 Å². The minimum absolute atomic E-state index is 0.0644. The molecular weight excluding hydrogens is 471 g/mol. The maximum absolute atomic E-state index is 12.6. The van der Waals surface area contributed by atoms with Gasteiger partial charge in [-0.1, -0.05) is 23.2 Å². The number of carbonyl (C=O) groups is 2. The second-order valence-corrected chi connectivity index (χ2v) is 9.23. The molecule has 0 aliphatic heterocycles. The van der Waals surface area contributed by atoms with E-state index in [1.165, 1.54) is 49.5 Å². The van der Waals surface area contributed by atoms with Crippen LogP contribution in [-0.2, 0) is 10.0 Å². The lowest BCUT2D eigenvalue weighted by Gasteiger charge is -2.09. The van der Waals surface area contributed by atoms with Crippen LogP contribution in [0.2, 0.25) is 10.0 Å². The van der Waals surface area contributed by atoms with Gasteiger partial charge in [-0.05, 0) is 73.7 Å². The number of Topliss-reactive ketones (excluding diaryl/α,β-unsaturated/α-hetero) is 1. The Hall–Kier alpha value is -3.13. The van der Waals surface area contributed by atoms with Gasteiger partial charge in [0, 0.05) is 34.8 Å². The number of anilines is 2. The van der Waals surface area contributed by atoms with Crippen LogP contribution in [0.1, 0.15) is 27.6 Å². The zero-order valence-electron chi connectivity index (χ0n) is 16.8. The summed E-state index contributed by atoms with van der Waals surface area (Å²) >= 11 is 11.8. The third-order valence-corrected chi connectivity index (χ3v) is 6.53. The highest BCUT2D eigenvalue weighted by atomic mass is 35.5. The van der Waals surface area contributed by atoms with Crippen molar-refractivity contribution in [3.63, 3.8) is 0 Å². The van der Waals surface area contributed by atoms with Crippen molar-refractivity contribution in [3.05, 3.63) is 100 Å². The number of allylic oxidation sites excluding steroid dienone is 1. The van der Waals surface area contributed by atoms with Crippen molar-refractivity contribution in [2.24, 2.45) is 0 Å². The molecule has 0 saturated heterocycles. The van der Waals surface area contributed by atoms with Gasteiger partial charge in [0.25, 0.3) is 10.0 Å². The molecule has 0 aliphatic rings. The second kappa shape index (κ2) is 9.99. The molecule has 3 rings (SSSR count).